The molecule has 0 amide bonds. The number of hydrogen-bond donors (Lipinski definition) is 0. The number of halogens is 1. The molecule has 0 bridgehead atoms. The fourth-order valence-electron chi connectivity index (χ4n) is 1.27. The molecular formula is C11H12BrNSSe. The summed E-state index contributed by atoms with van der Waals surface area (Å²) >= 11 is 2.58. The zero-order valence-electron chi connectivity index (χ0n) is 8.17. The summed E-state index contributed by atoms with van der Waals surface area (Å²) in [6, 6.07) is 4.22. The second-order valence-electron chi connectivity index (χ2n) is 2.98. The topological polar surface area (TPSA) is 3.88 Å². The molecule has 2 rings (SSSR count). The van der Waals surface area contributed by atoms with Gasteiger partial charge in [-0.05, 0) is 0 Å². The van der Waals surface area contributed by atoms with Gasteiger partial charge in [-0.3, -0.25) is 0 Å². The third kappa shape index (κ3) is 3.49. The maximum Gasteiger partial charge on any atom is -1.00 e. The van der Waals surface area contributed by atoms with Gasteiger partial charge in [-0.15, -0.1) is 0 Å². The molecule has 80 valence electrons. The third-order valence-corrected chi connectivity index (χ3v) is 5.71. The summed E-state index contributed by atoms with van der Waals surface area (Å²) in [7, 11) is 0. The van der Waals surface area contributed by atoms with Gasteiger partial charge in [-0.1, -0.05) is 0 Å². The maximum absolute atomic E-state index is 3.75. The monoisotopic (exact) mass is 349 g/mol. The van der Waals surface area contributed by atoms with Crippen LogP contribution >= 0.6 is 11.8 Å². The summed E-state index contributed by atoms with van der Waals surface area (Å²) in [5.74, 6) is 0. The van der Waals surface area contributed by atoms with Crippen molar-refractivity contribution in [2.24, 2.45) is 0 Å². The Morgan fingerprint density at radius 3 is 2.73 bits per heavy atom. The SMILES string of the molecule is C=Cc1cc[n+](C2C[Se]C=CS2)cc1.[Br-]. The Morgan fingerprint density at radius 1 is 1.47 bits per heavy atom. The van der Waals surface area contributed by atoms with Crippen molar-refractivity contribution in [2.45, 2.75) is 10.7 Å². The van der Waals surface area contributed by atoms with Gasteiger partial charge in [0.15, 0.2) is 0 Å². The maximum atomic E-state index is 3.75. The first-order valence-electron chi connectivity index (χ1n) is 4.45. The molecule has 0 radical (unpaired) electrons. The molecule has 0 N–H and O–H groups in total. The van der Waals surface area contributed by atoms with Crippen molar-refractivity contribution < 1.29 is 21.5 Å². The molecule has 15 heavy (non-hydrogen) atoms. The van der Waals surface area contributed by atoms with Gasteiger partial charge < -0.3 is 17.0 Å². The molecule has 0 spiro atoms. The molecule has 0 aliphatic carbocycles. The van der Waals surface area contributed by atoms with Crippen molar-refractivity contribution in [3.8, 4) is 0 Å². The molecule has 1 unspecified atom stereocenters. The van der Waals surface area contributed by atoms with E-state index in [9.17, 15) is 0 Å². The first-order valence-corrected chi connectivity index (χ1v) is 7.60. The molecule has 2 heterocycles. The minimum Gasteiger partial charge on any atom is -1.00 e. The van der Waals surface area contributed by atoms with E-state index in [-0.39, 0.29) is 17.0 Å². The first kappa shape index (κ1) is 13.0. The van der Waals surface area contributed by atoms with Crippen molar-refractivity contribution in [1.82, 2.24) is 0 Å². The van der Waals surface area contributed by atoms with Gasteiger partial charge in [0.1, 0.15) is 0 Å². The number of hydrogen-bond acceptors (Lipinski definition) is 1. The largest absolute Gasteiger partial charge is 1.00 e. The predicted octanol–water partition coefficient (Wildman–Crippen LogP) is -0.540. The van der Waals surface area contributed by atoms with Crippen LogP contribution in [0.2, 0.25) is 5.32 Å². The average molecular weight is 349 g/mol. The number of thioether (sulfide) groups is 1. The van der Waals surface area contributed by atoms with Crippen molar-refractivity contribution in [3.63, 3.8) is 0 Å². The van der Waals surface area contributed by atoms with Crippen molar-refractivity contribution in [3.05, 3.63) is 47.1 Å². The van der Waals surface area contributed by atoms with Gasteiger partial charge in [0, 0.05) is 0 Å². The standard InChI is InChI=1S/C11H12NSSe.BrH/c1-2-10-3-5-12(6-4-10)11-9-14-8-7-13-11;/h2-8,11H,1,9H2;1H/q+1;/p-1. The summed E-state index contributed by atoms with van der Waals surface area (Å²) < 4.78 is 2.28. The quantitative estimate of drug-likeness (QED) is 0.513. The van der Waals surface area contributed by atoms with Crippen LogP contribution in [0.25, 0.3) is 6.08 Å². The Hall–Kier alpha value is -0.0205. The van der Waals surface area contributed by atoms with Crippen LogP contribution in [0, 0.1) is 0 Å². The third-order valence-electron chi connectivity index (χ3n) is 2.07. The Bertz CT molecular complexity index is 350. The Morgan fingerprint density at radius 2 is 2.20 bits per heavy atom. The van der Waals surface area contributed by atoms with Gasteiger partial charge >= 0.3 is 95.1 Å². The number of pyridine rings is 1. The molecule has 1 aromatic rings. The van der Waals surface area contributed by atoms with E-state index in [0.717, 1.165) is 0 Å². The minimum absolute atomic E-state index is 0. The molecule has 1 aliphatic rings. The van der Waals surface area contributed by atoms with E-state index in [1.54, 1.807) is 0 Å². The van der Waals surface area contributed by atoms with Crippen LogP contribution in [0.3, 0.4) is 0 Å². The van der Waals surface area contributed by atoms with Crippen LogP contribution in [-0.2, 0) is 0 Å². The van der Waals surface area contributed by atoms with E-state index in [1.165, 1.54) is 10.9 Å². The van der Waals surface area contributed by atoms with Gasteiger partial charge in [0.05, 0.1) is 0 Å². The fourth-order valence-corrected chi connectivity index (χ4v) is 4.70. The zero-order valence-corrected chi connectivity index (χ0v) is 12.3. The van der Waals surface area contributed by atoms with E-state index in [2.05, 4.69) is 46.1 Å². The van der Waals surface area contributed by atoms with E-state index in [1.807, 2.05) is 17.8 Å². The molecule has 0 saturated heterocycles. The predicted molar refractivity (Wildman–Crippen MR) is 63.1 cm³/mol. The van der Waals surface area contributed by atoms with Crippen molar-refractivity contribution in [1.29, 1.82) is 0 Å². The number of nitrogens with zero attached hydrogens (tertiary/aromatic N) is 1. The van der Waals surface area contributed by atoms with Crippen LogP contribution in [-0.4, -0.2) is 15.0 Å². The molecule has 1 atom stereocenters. The molecule has 0 saturated carbocycles. The molecule has 1 aliphatic heterocycles. The van der Waals surface area contributed by atoms with Gasteiger partial charge in [-0.2, -0.15) is 0 Å². The number of rotatable bonds is 2. The van der Waals surface area contributed by atoms with Gasteiger partial charge in [0.25, 0.3) is 0 Å². The molecule has 1 aromatic heterocycles. The number of aromatic nitrogens is 1. The first-order chi connectivity index (χ1) is 6.90. The van der Waals surface area contributed by atoms with Gasteiger partial charge in [-0.25, -0.2) is 0 Å². The molecule has 0 aromatic carbocycles. The Labute approximate surface area is 112 Å². The van der Waals surface area contributed by atoms with Crippen LogP contribution in [0.1, 0.15) is 10.9 Å². The summed E-state index contributed by atoms with van der Waals surface area (Å²) in [5.41, 5.74) is 1.18. The molecular weight excluding hydrogens is 337 g/mol. The fraction of sp³-hybridized carbons (Fsp3) is 0.182. The average Bonchev–Trinajstić information content (AvgIpc) is 2.30. The van der Waals surface area contributed by atoms with E-state index >= 15 is 0 Å². The summed E-state index contributed by atoms with van der Waals surface area (Å²) in [6.45, 7) is 3.75. The molecule has 0 fully saturated rings. The van der Waals surface area contributed by atoms with E-state index in [4.69, 9.17) is 0 Å². The van der Waals surface area contributed by atoms with Crippen molar-refractivity contribution in [2.75, 3.05) is 0 Å². The summed E-state index contributed by atoms with van der Waals surface area (Å²) in [4.78, 5) is 2.30. The van der Waals surface area contributed by atoms with E-state index < -0.39 is 0 Å². The van der Waals surface area contributed by atoms with Crippen LogP contribution in [0.4, 0.5) is 0 Å². The second kappa shape index (κ2) is 6.54. The Balaban J connectivity index is 0.00000112. The van der Waals surface area contributed by atoms with Crippen LogP contribution in [0.15, 0.2) is 41.5 Å². The van der Waals surface area contributed by atoms with Crippen molar-refractivity contribution >= 4 is 32.8 Å². The summed E-state index contributed by atoms with van der Waals surface area (Å²) in [6.07, 6.45) is 6.16. The van der Waals surface area contributed by atoms with E-state index in [0.29, 0.717) is 20.3 Å². The normalized spacial score (nSPS) is 19.3. The summed E-state index contributed by atoms with van der Waals surface area (Å²) in [5, 5.41) is 4.10. The van der Waals surface area contributed by atoms with Gasteiger partial charge in [0.2, 0.25) is 0 Å². The smallest absolute Gasteiger partial charge is 1.00 e. The molecule has 4 heteroatoms. The van der Waals surface area contributed by atoms with Crippen LogP contribution < -0.4 is 21.5 Å². The second-order valence-corrected chi connectivity index (χ2v) is 6.04. The Kier molecular flexibility index (Phi) is 5.69. The minimum atomic E-state index is 0. The molecule has 1 nitrogen and oxygen atoms in total. The van der Waals surface area contributed by atoms with Crippen LogP contribution in [0.5, 0.6) is 0 Å². The zero-order chi connectivity index (χ0) is 9.80.